The van der Waals surface area contributed by atoms with Gasteiger partial charge >= 0.3 is 6.03 Å². The number of aromatic nitrogens is 2. The molecule has 1 aromatic heterocycles. The average Bonchev–Trinajstić information content (AvgIpc) is 3.44. The van der Waals surface area contributed by atoms with E-state index in [1.54, 1.807) is 4.90 Å². The molecule has 2 heterocycles. The van der Waals surface area contributed by atoms with Gasteiger partial charge in [-0.05, 0) is 60.1 Å². The summed E-state index contributed by atoms with van der Waals surface area (Å²) in [7, 11) is 0. The van der Waals surface area contributed by atoms with Gasteiger partial charge < -0.3 is 10.6 Å². The molecule has 0 saturated carbocycles. The first-order chi connectivity index (χ1) is 15.9. The highest BCUT2D eigenvalue weighted by molar-refractivity contribution is 5.93. The van der Waals surface area contributed by atoms with E-state index in [1.165, 1.54) is 22.4 Å². The minimum absolute atomic E-state index is 0.0133. The van der Waals surface area contributed by atoms with E-state index in [2.05, 4.69) is 72.5 Å². The first-order valence-electron chi connectivity index (χ1n) is 12.0. The van der Waals surface area contributed by atoms with Gasteiger partial charge in [0.15, 0.2) is 0 Å². The first kappa shape index (κ1) is 21.7. The van der Waals surface area contributed by atoms with Crippen molar-refractivity contribution in [2.45, 2.75) is 58.0 Å². The van der Waals surface area contributed by atoms with Crippen LogP contribution in [0.15, 0.2) is 54.7 Å². The molecule has 0 unspecified atom stereocenters. The van der Waals surface area contributed by atoms with Gasteiger partial charge in [-0.3, -0.25) is 4.90 Å². The van der Waals surface area contributed by atoms with Crippen LogP contribution in [0.3, 0.4) is 0 Å². The van der Waals surface area contributed by atoms with Crippen LogP contribution in [0.5, 0.6) is 0 Å². The normalized spacial score (nSPS) is 18.3. The molecule has 1 aliphatic heterocycles. The van der Waals surface area contributed by atoms with Crippen molar-refractivity contribution >= 4 is 11.7 Å². The third-order valence-corrected chi connectivity index (χ3v) is 6.82. The molecule has 172 valence electrons. The Balaban J connectivity index is 1.28. The van der Waals surface area contributed by atoms with Gasteiger partial charge in [0.2, 0.25) is 0 Å². The summed E-state index contributed by atoms with van der Waals surface area (Å²) in [5, 5.41) is 11.4. The van der Waals surface area contributed by atoms with Gasteiger partial charge in [0.1, 0.15) is 0 Å². The molecule has 1 saturated heterocycles. The number of hydrogen-bond acceptors (Lipinski definition) is 3. The predicted octanol–water partition coefficient (Wildman–Crippen LogP) is 4.87. The zero-order valence-corrected chi connectivity index (χ0v) is 19.8. The molecule has 6 heteroatoms. The lowest BCUT2D eigenvalue weighted by atomic mass is 9.87. The summed E-state index contributed by atoms with van der Waals surface area (Å²) >= 11 is 0. The molecule has 33 heavy (non-hydrogen) atoms. The summed E-state index contributed by atoms with van der Waals surface area (Å²) < 4.78 is 2.12. The van der Waals surface area contributed by atoms with E-state index in [4.69, 9.17) is 5.10 Å². The molecule has 0 spiro atoms. The van der Waals surface area contributed by atoms with Gasteiger partial charge in [0, 0.05) is 42.6 Å². The Kier molecular flexibility index (Phi) is 5.71. The lowest BCUT2D eigenvalue weighted by Crippen LogP contribution is -2.27. The minimum Gasteiger partial charge on any atom is -0.336 e. The average molecular weight is 444 g/mol. The Labute approximate surface area is 196 Å². The molecule has 1 aliphatic carbocycles. The highest BCUT2D eigenvalue weighted by atomic mass is 16.2. The van der Waals surface area contributed by atoms with E-state index in [9.17, 15) is 4.79 Å². The summed E-state index contributed by atoms with van der Waals surface area (Å²) in [5.41, 5.74) is 7.41. The maximum Gasteiger partial charge on any atom is 0.321 e. The Bertz CT molecular complexity index is 1120. The van der Waals surface area contributed by atoms with Crippen molar-refractivity contribution in [3.05, 3.63) is 77.1 Å². The maximum absolute atomic E-state index is 11.9. The van der Waals surface area contributed by atoms with Gasteiger partial charge in [-0.25, -0.2) is 9.48 Å². The van der Waals surface area contributed by atoms with Crippen molar-refractivity contribution in [3.8, 4) is 5.69 Å². The van der Waals surface area contributed by atoms with Gasteiger partial charge in [-0.1, -0.05) is 45.0 Å². The Morgan fingerprint density at radius 3 is 2.45 bits per heavy atom. The predicted molar refractivity (Wildman–Crippen MR) is 132 cm³/mol. The summed E-state index contributed by atoms with van der Waals surface area (Å²) in [6.07, 6.45) is 5.37. The van der Waals surface area contributed by atoms with Crippen LogP contribution in [0.2, 0.25) is 0 Å². The lowest BCUT2D eigenvalue weighted by Gasteiger charge is -2.25. The number of carbonyl (C=O) groups excluding carboxylic acids is 1. The van der Waals surface area contributed by atoms with E-state index in [0.717, 1.165) is 43.7 Å². The van der Waals surface area contributed by atoms with Crippen LogP contribution < -0.4 is 15.5 Å². The zero-order chi connectivity index (χ0) is 23.0. The van der Waals surface area contributed by atoms with E-state index >= 15 is 0 Å². The smallest absolute Gasteiger partial charge is 0.321 e. The van der Waals surface area contributed by atoms with Crippen molar-refractivity contribution in [2.75, 3.05) is 18.0 Å². The van der Waals surface area contributed by atoms with E-state index in [1.807, 2.05) is 18.3 Å². The molecule has 0 bridgehead atoms. The molecule has 2 N–H and O–H groups in total. The molecule has 1 atom stereocenters. The second-order valence-corrected chi connectivity index (χ2v) is 10.1. The maximum atomic E-state index is 11.9. The van der Waals surface area contributed by atoms with Gasteiger partial charge in [-0.15, -0.1) is 0 Å². The molecule has 1 fully saturated rings. The Hall–Kier alpha value is -3.12. The molecule has 0 radical (unpaired) electrons. The van der Waals surface area contributed by atoms with Crippen LogP contribution >= 0.6 is 0 Å². The second kappa shape index (κ2) is 8.67. The number of urea groups is 1. The van der Waals surface area contributed by atoms with Gasteiger partial charge in [-0.2, -0.15) is 5.10 Å². The molecular formula is C27H33N5O. The number of anilines is 1. The molecule has 5 rings (SSSR count). The van der Waals surface area contributed by atoms with Crippen molar-refractivity contribution < 1.29 is 4.79 Å². The summed E-state index contributed by atoms with van der Waals surface area (Å²) in [4.78, 5) is 13.7. The van der Waals surface area contributed by atoms with Crippen LogP contribution in [-0.2, 0) is 18.4 Å². The highest BCUT2D eigenvalue weighted by Crippen LogP contribution is 2.32. The number of nitrogens with one attached hydrogen (secondary N) is 2. The molecule has 2 aliphatic rings. The highest BCUT2D eigenvalue weighted by Gasteiger charge is 2.25. The van der Waals surface area contributed by atoms with Crippen molar-refractivity contribution in [2.24, 2.45) is 0 Å². The standard InChI is InChI=1S/C27H33N5O/c1-27(2,3)20-9-13-22(14-10-20)32-25-6-4-5-24(23(25)18-30-32)29-17-19-7-11-21(12-8-19)31-16-15-28-26(31)33/h7-14,18,24,29H,4-6,15-17H2,1-3H3,(H,28,33)/t24-/m1/s1. The van der Waals surface area contributed by atoms with Crippen LogP contribution in [0.1, 0.15) is 62.0 Å². The van der Waals surface area contributed by atoms with Gasteiger partial charge in [0.25, 0.3) is 0 Å². The summed E-state index contributed by atoms with van der Waals surface area (Å²) in [6.45, 7) is 8.95. The molecule has 6 nitrogen and oxygen atoms in total. The number of hydrogen-bond donors (Lipinski definition) is 2. The third kappa shape index (κ3) is 4.40. The fourth-order valence-corrected chi connectivity index (χ4v) is 4.85. The summed E-state index contributed by atoms with van der Waals surface area (Å²) in [5.74, 6) is 0. The third-order valence-electron chi connectivity index (χ3n) is 6.82. The largest absolute Gasteiger partial charge is 0.336 e. The quantitative estimate of drug-likeness (QED) is 0.592. The summed E-state index contributed by atoms with van der Waals surface area (Å²) in [6, 6.07) is 17.4. The number of benzene rings is 2. The molecule has 2 aromatic carbocycles. The fourth-order valence-electron chi connectivity index (χ4n) is 4.85. The van der Waals surface area contributed by atoms with E-state index < -0.39 is 0 Å². The molecular weight excluding hydrogens is 410 g/mol. The number of fused-ring (bicyclic) bond motifs is 1. The van der Waals surface area contributed by atoms with E-state index in [0.29, 0.717) is 12.6 Å². The topological polar surface area (TPSA) is 62.2 Å². The van der Waals surface area contributed by atoms with Crippen molar-refractivity contribution in [1.82, 2.24) is 20.4 Å². The minimum atomic E-state index is -0.0133. The SMILES string of the molecule is CC(C)(C)c1ccc(-n2ncc3c2CCC[C@H]3NCc2ccc(N3CCNC3=O)cc2)cc1. The van der Waals surface area contributed by atoms with Crippen molar-refractivity contribution in [3.63, 3.8) is 0 Å². The lowest BCUT2D eigenvalue weighted by molar-refractivity contribution is 0.252. The Morgan fingerprint density at radius 1 is 1.06 bits per heavy atom. The van der Waals surface area contributed by atoms with Crippen molar-refractivity contribution in [1.29, 1.82) is 0 Å². The fraction of sp³-hybridized carbons (Fsp3) is 0.407. The number of rotatable bonds is 5. The molecule has 3 aromatic rings. The number of amides is 2. The second-order valence-electron chi connectivity index (χ2n) is 10.1. The molecule has 2 amide bonds. The first-order valence-corrected chi connectivity index (χ1v) is 12.0. The zero-order valence-electron chi connectivity index (χ0n) is 19.8. The van der Waals surface area contributed by atoms with Crippen LogP contribution in [0.4, 0.5) is 10.5 Å². The van der Waals surface area contributed by atoms with Crippen LogP contribution in [0, 0.1) is 0 Å². The van der Waals surface area contributed by atoms with Crippen LogP contribution in [-0.4, -0.2) is 28.9 Å². The van der Waals surface area contributed by atoms with E-state index in [-0.39, 0.29) is 11.4 Å². The van der Waals surface area contributed by atoms with Crippen LogP contribution in [0.25, 0.3) is 5.69 Å². The number of carbonyl (C=O) groups is 1. The van der Waals surface area contributed by atoms with Gasteiger partial charge in [0.05, 0.1) is 11.9 Å². The number of nitrogens with zero attached hydrogens (tertiary/aromatic N) is 3. The Morgan fingerprint density at radius 2 is 1.79 bits per heavy atom. The monoisotopic (exact) mass is 443 g/mol.